The summed E-state index contributed by atoms with van der Waals surface area (Å²) < 4.78 is 28.6. The molecule has 0 aliphatic heterocycles. The summed E-state index contributed by atoms with van der Waals surface area (Å²) in [6, 6.07) is 18.8. The van der Waals surface area contributed by atoms with Crippen molar-refractivity contribution in [2.75, 3.05) is 10.8 Å². The average molecular weight is 591 g/mol. The molecule has 0 aromatic heterocycles. The van der Waals surface area contributed by atoms with Crippen LogP contribution in [-0.2, 0) is 32.6 Å². The second-order valence-electron chi connectivity index (χ2n) is 9.44. The van der Waals surface area contributed by atoms with Gasteiger partial charge in [0, 0.05) is 22.6 Å². The highest BCUT2D eigenvalue weighted by molar-refractivity contribution is 7.92. The molecule has 0 aliphatic rings. The molecule has 0 saturated carbocycles. The van der Waals surface area contributed by atoms with E-state index in [4.69, 9.17) is 23.2 Å². The van der Waals surface area contributed by atoms with Crippen LogP contribution in [-0.4, -0.2) is 43.8 Å². The van der Waals surface area contributed by atoms with Crippen LogP contribution in [0.25, 0.3) is 0 Å². The lowest BCUT2D eigenvalue weighted by molar-refractivity contribution is -0.139. The van der Waals surface area contributed by atoms with Crippen LogP contribution in [0.5, 0.6) is 0 Å². The minimum atomic E-state index is -4.11. The van der Waals surface area contributed by atoms with Crippen LogP contribution in [0.3, 0.4) is 0 Å². The molecule has 0 saturated heterocycles. The maximum Gasteiger partial charge on any atom is 0.264 e. The summed E-state index contributed by atoms with van der Waals surface area (Å²) in [5.74, 6) is -0.931. The third-order valence-electron chi connectivity index (χ3n) is 6.20. The standard InChI is InChI=1S/C29H33Cl2N3O4S/c1-5-22-11-15-25(16-12-22)34(39(37,38)26-9-7-6-8-10-26)19-28(35)33(21(4)29(36)32-20(2)3)18-23-13-14-24(30)17-27(23)31/h6-17,20-21H,5,18-19H2,1-4H3,(H,32,36). The molecular formula is C29H33Cl2N3O4S. The molecule has 1 N–H and O–H groups in total. The van der Waals surface area contributed by atoms with Crippen molar-refractivity contribution >= 4 is 50.7 Å². The number of benzene rings is 3. The zero-order chi connectivity index (χ0) is 28.7. The number of rotatable bonds is 11. The van der Waals surface area contributed by atoms with Gasteiger partial charge < -0.3 is 10.2 Å². The van der Waals surface area contributed by atoms with Crippen molar-refractivity contribution in [3.63, 3.8) is 0 Å². The SMILES string of the molecule is CCc1ccc(N(CC(=O)N(Cc2ccc(Cl)cc2Cl)C(C)C(=O)NC(C)C)S(=O)(=O)c2ccccc2)cc1. The third kappa shape index (κ3) is 7.75. The Balaban J connectivity index is 2.04. The maximum absolute atomic E-state index is 13.9. The Morgan fingerprint density at radius 1 is 0.923 bits per heavy atom. The highest BCUT2D eigenvalue weighted by Crippen LogP contribution is 2.27. The third-order valence-corrected chi connectivity index (χ3v) is 8.57. The van der Waals surface area contributed by atoms with Crippen LogP contribution in [0.4, 0.5) is 5.69 Å². The van der Waals surface area contributed by atoms with Gasteiger partial charge in [0.1, 0.15) is 12.6 Å². The van der Waals surface area contributed by atoms with Gasteiger partial charge in [0.05, 0.1) is 10.6 Å². The van der Waals surface area contributed by atoms with Crippen molar-refractivity contribution in [3.8, 4) is 0 Å². The molecule has 3 aromatic carbocycles. The van der Waals surface area contributed by atoms with E-state index in [1.165, 1.54) is 17.0 Å². The predicted molar refractivity (Wildman–Crippen MR) is 157 cm³/mol. The number of sulfonamides is 1. The van der Waals surface area contributed by atoms with Gasteiger partial charge in [-0.3, -0.25) is 13.9 Å². The fourth-order valence-electron chi connectivity index (χ4n) is 3.97. The Hall–Kier alpha value is -3.07. The molecule has 0 aliphatic carbocycles. The number of aryl methyl sites for hydroxylation is 1. The van der Waals surface area contributed by atoms with Gasteiger partial charge in [-0.25, -0.2) is 8.42 Å². The zero-order valence-corrected chi connectivity index (χ0v) is 24.7. The molecule has 0 bridgehead atoms. The molecule has 3 aromatic rings. The van der Waals surface area contributed by atoms with Crippen molar-refractivity contribution in [2.24, 2.45) is 0 Å². The number of carbonyl (C=O) groups is 2. The number of nitrogens with zero attached hydrogens (tertiary/aromatic N) is 2. The van der Waals surface area contributed by atoms with Gasteiger partial charge in [0.2, 0.25) is 11.8 Å². The van der Waals surface area contributed by atoms with Crippen LogP contribution in [0.1, 0.15) is 38.8 Å². The maximum atomic E-state index is 13.9. The van der Waals surface area contributed by atoms with Crippen molar-refractivity contribution in [3.05, 3.63) is 94.0 Å². The molecule has 2 amide bonds. The molecule has 208 valence electrons. The van der Waals surface area contributed by atoms with E-state index in [1.807, 2.05) is 32.9 Å². The van der Waals surface area contributed by atoms with E-state index in [2.05, 4.69) is 5.32 Å². The topological polar surface area (TPSA) is 86.8 Å². The first-order chi connectivity index (χ1) is 18.4. The molecule has 7 nitrogen and oxygen atoms in total. The number of amides is 2. The van der Waals surface area contributed by atoms with Gasteiger partial charge >= 0.3 is 0 Å². The van der Waals surface area contributed by atoms with Gasteiger partial charge in [-0.2, -0.15) is 0 Å². The highest BCUT2D eigenvalue weighted by Gasteiger charge is 2.33. The summed E-state index contributed by atoms with van der Waals surface area (Å²) in [5, 5.41) is 3.59. The summed E-state index contributed by atoms with van der Waals surface area (Å²) in [5.41, 5.74) is 1.94. The Morgan fingerprint density at radius 3 is 2.13 bits per heavy atom. The minimum Gasteiger partial charge on any atom is -0.352 e. The first-order valence-corrected chi connectivity index (χ1v) is 14.8. The molecule has 0 spiro atoms. The molecular weight excluding hydrogens is 557 g/mol. The Labute approximate surface area is 240 Å². The molecule has 10 heteroatoms. The summed E-state index contributed by atoms with van der Waals surface area (Å²) in [4.78, 5) is 28.3. The first-order valence-electron chi connectivity index (χ1n) is 12.6. The Kier molecular flexibility index (Phi) is 10.4. The minimum absolute atomic E-state index is 0.0183. The number of halogens is 2. The summed E-state index contributed by atoms with van der Waals surface area (Å²) >= 11 is 12.5. The van der Waals surface area contributed by atoms with Gasteiger partial charge in [-0.05, 0) is 74.7 Å². The van der Waals surface area contributed by atoms with Crippen molar-refractivity contribution < 1.29 is 18.0 Å². The van der Waals surface area contributed by atoms with Gasteiger partial charge in [0.15, 0.2) is 0 Å². The monoisotopic (exact) mass is 589 g/mol. The Bertz CT molecular complexity index is 1400. The lowest BCUT2D eigenvalue weighted by atomic mass is 10.1. The number of anilines is 1. The molecule has 0 radical (unpaired) electrons. The fourth-order valence-corrected chi connectivity index (χ4v) is 5.87. The molecule has 1 atom stereocenters. The highest BCUT2D eigenvalue weighted by atomic mass is 35.5. The number of carbonyl (C=O) groups excluding carboxylic acids is 2. The van der Waals surface area contributed by atoms with E-state index >= 15 is 0 Å². The molecule has 0 heterocycles. The van der Waals surface area contributed by atoms with Gasteiger partial charge in [0.25, 0.3) is 10.0 Å². The quantitative estimate of drug-likeness (QED) is 0.311. The van der Waals surface area contributed by atoms with Crippen LogP contribution in [0, 0.1) is 0 Å². The average Bonchev–Trinajstić information content (AvgIpc) is 2.91. The van der Waals surface area contributed by atoms with E-state index in [0.29, 0.717) is 21.3 Å². The van der Waals surface area contributed by atoms with E-state index in [-0.39, 0.29) is 23.4 Å². The lowest BCUT2D eigenvalue weighted by Crippen LogP contribution is -2.52. The lowest BCUT2D eigenvalue weighted by Gasteiger charge is -2.32. The van der Waals surface area contributed by atoms with Gasteiger partial charge in [-0.15, -0.1) is 0 Å². The number of nitrogens with one attached hydrogen (secondary N) is 1. The van der Waals surface area contributed by atoms with E-state index in [1.54, 1.807) is 55.5 Å². The second kappa shape index (κ2) is 13.3. The van der Waals surface area contributed by atoms with Crippen LogP contribution < -0.4 is 9.62 Å². The smallest absolute Gasteiger partial charge is 0.264 e. The summed E-state index contributed by atoms with van der Waals surface area (Å²) in [6.07, 6.45) is 0.781. The summed E-state index contributed by atoms with van der Waals surface area (Å²) in [6.45, 7) is 6.70. The predicted octanol–water partition coefficient (Wildman–Crippen LogP) is 5.69. The van der Waals surface area contributed by atoms with Crippen LogP contribution in [0.2, 0.25) is 10.0 Å². The van der Waals surface area contributed by atoms with E-state index in [0.717, 1.165) is 16.3 Å². The second-order valence-corrected chi connectivity index (χ2v) is 12.1. The largest absolute Gasteiger partial charge is 0.352 e. The molecule has 1 unspecified atom stereocenters. The van der Waals surface area contributed by atoms with E-state index < -0.39 is 28.5 Å². The summed E-state index contributed by atoms with van der Waals surface area (Å²) in [7, 11) is -4.11. The van der Waals surface area contributed by atoms with Gasteiger partial charge in [-0.1, -0.05) is 66.5 Å². The number of hydrogen-bond donors (Lipinski definition) is 1. The first kappa shape index (κ1) is 30.5. The molecule has 39 heavy (non-hydrogen) atoms. The number of hydrogen-bond acceptors (Lipinski definition) is 4. The van der Waals surface area contributed by atoms with Crippen molar-refractivity contribution in [2.45, 2.75) is 57.6 Å². The zero-order valence-electron chi connectivity index (χ0n) is 22.4. The fraction of sp³-hybridized carbons (Fsp3) is 0.310. The van der Waals surface area contributed by atoms with E-state index in [9.17, 15) is 18.0 Å². The van der Waals surface area contributed by atoms with Crippen LogP contribution >= 0.6 is 23.2 Å². The van der Waals surface area contributed by atoms with Crippen LogP contribution in [0.15, 0.2) is 77.7 Å². The normalized spacial score (nSPS) is 12.2. The molecule has 0 fully saturated rings. The Morgan fingerprint density at radius 2 is 1.56 bits per heavy atom. The van der Waals surface area contributed by atoms with Crippen molar-refractivity contribution in [1.29, 1.82) is 0 Å². The van der Waals surface area contributed by atoms with Crippen molar-refractivity contribution in [1.82, 2.24) is 10.2 Å². The molecule has 3 rings (SSSR count).